The monoisotopic (exact) mass is 380 g/mol. The van der Waals surface area contributed by atoms with Crippen LogP contribution in [0.1, 0.15) is 93.9 Å². The summed E-state index contributed by atoms with van der Waals surface area (Å²) in [5, 5.41) is 22.4. The van der Waals surface area contributed by atoms with Crippen molar-refractivity contribution in [2.45, 2.75) is 89.9 Å². The van der Waals surface area contributed by atoms with Gasteiger partial charge in [0.15, 0.2) is 0 Å². The molecular formula is C26H36O2. The van der Waals surface area contributed by atoms with Gasteiger partial charge in [-0.1, -0.05) is 82.3 Å². The zero-order chi connectivity index (χ0) is 20.0. The zero-order valence-corrected chi connectivity index (χ0v) is 17.6. The highest BCUT2D eigenvalue weighted by Crippen LogP contribution is 2.51. The van der Waals surface area contributed by atoms with Crippen LogP contribution in [0.15, 0.2) is 36.4 Å². The molecule has 0 heterocycles. The highest BCUT2D eigenvalue weighted by atomic mass is 16.3. The van der Waals surface area contributed by atoms with E-state index in [-0.39, 0.29) is 5.41 Å². The minimum absolute atomic E-state index is 0.281. The Morgan fingerprint density at radius 2 is 1.18 bits per heavy atom. The Balaban J connectivity index is 2.11. The molecule has 0 saturated heterocycles. The lowest BCUT2D eigenvalue weighted by Gasteiger charge is -2.40. The lowest BCUT2D eigenvalue weighted by Crippen LogP contribution is -2.31. The summed E-state index contributed by atoms with van der Waals surface area (Å²) in [5.41, 5.74) is 3.85. The molecule has 0 spiro atoms. The number of aromatic hydroxyl groups is 2. The highest BCUT2D eigenvalue weighted by molar-refractivity contribution is 5.55. The number of phenolic OH excluding ortho intramolecular Hbond substituents is 2. The van der Waals surface area contributed by atoms with Crippen LogP contribution in [0, 0.1) is 0 Å². The van der Waals surface area contributed by atoms with Crippen LogP contribution >= 0.6 is 0 Å². The van der Waals surface area contributed by atoms with E-state index < -0.39 is 0 Å². The molecule has 152 valence electrons. The van der Waals surface area contributed by atoms with Crippen LogP contribution in [0.25, 0.3) is 0 Å². The molecule has 0 aliphatic heterocycles. The first-order chi connectivity index (χ1) is 13.6. The van der Waals surface area contributed by atoms with Crippen molar-refractivity contribution in [3.8, 4) is 11.5 Å². The number of rotatable bonds is 8. The van der Waals surface area contributed by atoms with Gasteiger partial charge in [-0.2, -0.15) is 0 Å². The minimum atomic E-state index is -0.281. The third-order valence-electron chi connectivity index (χ3n) is 6.58. The molecule has 28 heavy (non-hydrogen) atoms. The van der Waals surface area contributed by atoms with E-state index in [0.29, 0.717) is 11.5 Å². The van der Waals surface area contributed by atoms with Gasteiger partial charge in [0.05, 0.1) is 0 Å². The van der Waals surface area contributed by atoms with Crippen molar-refractivity contribution >= 4 is 0 Å². The van der Waals surface area contributed by atoms with Gasteiger partial charge in [-0.25, -0.2) is 0 Å². The molecule has 1 fully saturated rings. The molecule has 2 N–H and O–H groups in total. The smallest absolute Gasteiger partial charge is 0.122 e. The average Bonchev–Trinajstić information content (AvgIpc) is 2.73. The van der Waals surface area contributed by atoms with E-state index in [4.69, 9.17) is 0 Å². The van der Waals surface area contributed by atoms with Crippen molar-refractivity contribution < 1.29 is 10.2 Å². The van der Waals surface area contributed by atoms with E-state index in [2.05, 4.69) is 50.2 Å². The first-order valence-corrected chi connectivity index (χ1v) is 11.3. The molecule has 1 saturated carbocycles. The summed E-state index contributed by atoms with van der Waals surface area (Å²) < 4.78 is 0. The predicted octanol–water partition coefficient (Wildman–Crippen LogP) is 7.03. The Morgan fingerprint density at radius 1 is 0.714 bits per heavy atom. The third-order valence-corrected chi connectivity index (χ3v) is 6.58. The first-order valence-electron chi connectivity index (χ1n) is 11.3. The van der Waals surface area contributed by atoms with Gasteiger partial charge in [-0.05, 0) is 49.7 Å². The molecule has 1 aliphatic rings. The van der Waals surface area contributed by atoms with Gasteiger partial charge in [0.25, 0.3) is 0 Å². The lowest BCUT2D eigenvalue weighted by atomic mass is 9.64. The van der Waals surface area contributed by atoms with Gasteiger partial charge in [0.1, 0.15) is 11.5 Å². The lowest BCUT2D eigenvalue weighted by molar-refractivity contribution is 0.319. The second-order valence-corrected chi connectivity index (χ2v) is 8.48. The predicted molar refractivity (Wildman–Crippen MR) is 117 cm³/mol. The number of hydrogen-bond acceptors (Lipinski definition) is 2. The van der Waals surface area contributed by atoms with Crippen molar-refractivity contribution in [2.24, 2.45) is 0 Å². The summed E-state index contributed by atoms with van der Waals surface area (Å²) in [6.07, 6.45) is 11.7. The maximum atomic E-state index is 11.2. The fraction of sp³-hybridized carbons (Fsp3) is 0.538. The summed E-state index contributed by atoms with van der Waals surface area (Å²) in [6.45, 7) is 4.37. The Kier molecular flexibility index (Phi) is 7.04. The van der Waals surface area contributed by atoms with Gasteiger partial charge < -0.3 is 10.2 Å². The second-order valence-electron chi connectivity index (χ2n) is 8.48. The van der Waals surface area contributed by atoms with Gasteiger partial charge in [0, 0.05) is 16.5 Å². The Morgan fingerprint density at radius 3 is 1.61 bits per heavy atom. The van der Waals surface area contributed by atoms with Crippen LogP contribution in [0.2, 0.25) is 0 Å². The molecule has 1 aliphatic carbocycles. The maximum absolute atomic E-state index is 11.2. The van der Waals surface area contributed by atoms with Crippen LogP contribution in [-0.2, 0) is 18.3 Å². The molecule has 0 atom stereocenters. The van der Waals surface area contributed by atoms with Crippen molar-refractivity contribution in [3.05, 3.63) is 58.7 Å². The molecule has 0 amide bonds. The molecule has 2 aromatic carbocycles. The van der Waals surface area contributed by atoms with Crippen LogP contribution < -0.4 is 0 Å². The zero-order valence-electron chi connectivity index (χ0n) is 17.6. The maximum Gasteiger partial charge on any atom is 0.122 e. The first kappa shape index (κ1) is 20.8. The fourth-order valence-corrected chi connectivity index (χ4v) is 4.93. The Labute approximate surface area is 170 Å². The van der Waals surface area contributed by atoms with E-state index >= 15 is 0 Å². The largest absolute Gasteiger partial charge is 0.507 e. The average molecular weight is 381 g/mol. The fourth-order valence-electron chi connectivity index (χ4n) is 4.93. The molecule has 2 aromatic rings. The Hall–Kier alpha value is -1.96. The molecular weight excluding hydrogens is 344 g/mol. The van der Waals surface area contributed by atoms with E-state index in [9.17, 15) is 10.2 Å². The van der Waals surface area contributed by atoms with E-state index in [0.717, 1.165) is 86.5 Å². The van der Waals surface area contributed by atoms with Crippen LogP contribution in [0.5, 0.6) is 11.5 Å². The molecule has 0 bridgehead atoms. The van der Waals surface area contributed by atoms with E-state index in [1.54, 1.807) is 0 Å². The van der Waals surface area contributed by atoms with Crippen molar-refractivity contribution in [3.63, 3.8) is 0 Å². The van der Waals surface area contributed by atoms with Crippen molar-refractivity contribution in [1.82, 2.24) is 0 Å². The van der Waals surface area contributed by atoms with Crippen LogP contribution in [-0.4, -0.2) is 10.2 Å². The van der Waals surface area contributed by atoms with Crippen molar-refractivity contribution in [2.75, 3.05) is 0 Å². The van der Waals surface area contributed by atoms with Gasteiger partial charge in [0.2, 0.25) is 0 Å². The van der Waals surface area contributed by atoms with E-state index in [1.165, 1.54) is 6.42 Å². The Bertz CT molecular complexity index is 712. The standard InChI is InChI=1S/C26H36O2/c1-3-5-12-20-14-10-16-22(24(20)27)26(18-8-7-9-19-26)23-17-11-15-21(25(23)28)13-6-4-2/h10-11,14-17,27-28H,3-9,12-13,18-19H2,1-2H3. The van der Waals surface area contributed by atoms with Gasteiger partial charge >= 0.3 is 0 Å². The topological polar surface area (TPSA) is 40.5 Å². The number of hydrogen-bond donors (Lipinski definition) is 2. The number of benzene rings is 2. The molecule has 0 radical (unpaired) electrons. The SMILES string of the molecule is CCCCc1cccc(C2(c3cccc(CCCC)c3O)CCCCC2)c1O. The van der Waals surface area contributed by atoms with Crippen LogP contribution in [0.4, 0.5) is 0 Å². The van der Waals surface area contributed by atoms with Gasteiger partial charge in [-0.15, -0.1) is 0 Å². The highest BCUT2D eigenvalue weighted by Gasteiger charge is 2.40. The number of para-hydroxylation sites is 2. The second kappa shape index (κ2) is 9.49. The molecule has 0 aromatic heterocycles. The van der Waals surface area contributed by atoms with Crippen molar-refractivity contribution in [1.29, 1.82) is 0 Å². The molecule has 3 rings (SSSR count). The minimum Gasteiger partial charge on any atom is -0.507 e. The number of aryl methyl sites for hydroxylation is 2. The summed E-state index contributed by atoms with van der Waals surface area (Å²) in [5.74, 6) is 0.910. The number of phenols is 2. The molecule has 0 unspecified atom stereocenters. The summed E-state index contributed by atoms with van der Waals surface area (Å²) in [4.78, 5) is 0. The van der Waals surface area contributed by atoms with Crippen LogP contribution in [0.3, 0.4) is 0 Å². The summed E-state index contributed by atoms with van der Waals surface area (Å²) in [7, 11) is 0. The molecule has 2 nitrogen and oxygen atoms in total. The summed E-state index contributed by atoms with van der Waals surface area (Å²) >= 11 is 0. The molecule has 2 heteroatoms. The number of unbranched alkanes of at least 4 members (excludes halogenated alkanes) is 2. The quantitative estimate of drug-likeness (QED) is 0.516. The van der Waals surface area contributed by atoms with E-state index in [1.807, 2.05) is 0 Å². The third kappa shape index (κ3) is 4.06. The normalized spacial score (nSPS) is 16.2. The van der Waals surface area contributed by atoms with Gasteiger partial charge in [-0.3, -0.25) is 0 Å². The summed E-state index contributed by atoms with van der Waals surface area (Å²) in [6, 6.07) is 12.5.